The Hall–Kier alpha value is -5.23. The number of pyridine rings is 1. The van der Waals surface area contributed by atoms with E-state index in [-0.39, 0.29) is 24.3 Å². The molecular formula is C44H50IN5O9S. The number of ether oxygens (including phenoxy) is 3. The monoisotopic (exact) mass is 951 g/mol. The fourth-order valence-corrected chi connectivity index (χ4v) is 9.60. The average Bonchev–Trinajstić information content (AvgIpc) is 3.74. The van der Waals surface area contributed by atoms with Gasteiger partial charge in [0.2, 0.25) is 11.8 Å². The Balaban J connectivity index is 1.35. The lowest BCUT2D eigenvalue weighted by molar-refractivity contribution is -0.143. The molecule has 14 nitrogen and oxygen atoms in total. The molecule has 0 spiro atoms. The van der Waals surface area contributed by atoms with Crippen molar-refractivity contribution in [2.75, 3.05) is 13.7 Å². The Morgan fingerprint density at radius 3 is 2.28 bits per heavy atom. The van der Waals surface area contributed by atoms with Gasteiger partial charge in [0.15, 0.2) is 0 Å². The minimum Gasteiger partial charge on any atom is -0.497 e. The summed E-state index contributed by atoms with van der Waals surface area (Å²) in [6.45, 7) is 14.2. The number of sulfonamides is 1. The van der Waals surface area contributed by atoms with E-state index in [1.165, 1.54) is 17.0 Å². The molecule has 318 valence electrons. The lowest BCUT2D eigenvalue weighted by Crippen LogP contribution is -2.60. The van der Waals surface area contributed by atoms with Crippen LogP contribution in [0.25, 0.3) is 22.2 Å². The van der Waals surface area contributed by atoms with Crippen LogP contribution in [0.3, 0.4) is 0 Å². The molecular weight excluding hydrogens is 901 g/mol. The Bertz CT molecular complexity index is 2430. The molecule has 3 N–H and O–H groups in total. The number of likely N-dealkylation sites (tertiary alicyclic amines) is 1. The van der Waals surface area contributed by atoms with Gasteiger partial charge < -0.3 is 29.7 Å². The summed E-state index contributed by atoms with van der Waals surface area (Å²) < 4.78 is 47.1. The standard InChI is InChI=1S/C44H50IN5O9S/c1-9-27-24-44(27,40(53)49-60(55,56)36-18-14-13-17-31(36)45)48-38(51)34-22-29(25-50(34)39(52)37(42(2,3)4)47-41(54)59-43(5,6)7)58-35-23-32(26-15-11-10-12-16-26)46-33-21-28(57-8)19-20-30(33)35/h9-21,23,27,29,34,37H,1,22,24-25H2,2-8H3,(H,47,54)(H,48,51)(H,49,53)/t27?,29-,34+,37-,44-/m1/s1. The van der Waals surface area contributed by atoms with Gasteiger partial charge in [0, 0.05) is 39.0 Å². The molecule has 1 unspecified atom stereocenters. The lowest BCUT2D eigenvalue weighted by Gasteiger charge is -2.36. The van der Waals surface area contributed by atoms with E-state index in [1.54, 1.807) is 85.1 Å². The van der Waals surface area contributed by atoms with Crippen LogP contribution in [0.2, 0.25) is 0 Å². The maximum absolute atomic E-state index is 14.8. The summed E-state index contributed by atoms with van der Waals surface area (Å²) in [6, 6.07) is 20.6. The van der Waals surface area contributed by atoms with Gasteiger partial charge in [0.05, 0.1) is 24.9 Å². The largest absolute Gasteiger partial charge is 0.497 e. The molecule has 1 aliphatic carbocycles. The molecule has 3 aromatic carbocycles. The second-order valence-electron chi connectivity index (χ2n) is 17.1. The molecule has 2 aliphatic rings. The van der Waals surface area contributed by atoms with Crippen LogP contribution in [0.15, 0.2) is 96.4 Å². The molecule has 1 saturated carbocycles. The van der Waals surface area contributed by atoms with E-state index in [4.69, 9.17) is 19.2 Å². The molecule has 5 atom stereocenters. The van der Waals surface area contributed by atoms with Crippen LogP contribution in [-0.4, -0.2) is 85.1 Å². The first-order chi connectivity index (χ1) is 28.2. The van der Waals surface area contributed by atoms with Gasteiger partial charge in [0.25, 0.3) is 15.9 Å². The third-order valence-electron chi connectivity index (χ3n) is 10.4. The number of nitrogens with one attached hydrogen (secondary N) is 3. The van der Waals surface area contributed by atoms with E-state index < -0.39 is 74.5 Å². The van der Waals surface area contributed by atoms with E-state index in [1.807, 2.05) is 59.0 Å². The molecule has 2 heterocycles. The van der Waals surface area contributed by atoms with Gasteiger partial charge in [-0.2, -0.15) is 0 Å². The molecule has 0 bridgehead atoms. The number of hydrogen-bond acceptors (Lipinski definition) is 10. The molecule has 1 aliphatic heterocycles. The van der Waals surface area contributed by atoms with Gasteiger partial charge in [-0.1, -0.05) is 69.3 Å². The minimum absolute atomic E-state index is 0.0154. The number of alkyl carbamates (subject to hydrolysis) is 1. The number of hydrogen-bond donors (Lipinski definition) is 3. The van der Waals surface area contributed by atoms with E-state index in [0.29, 0.717) is 31.7 Å². The third kappa shape index (κ3) is 9.70. The lowest BCUT2D eigenvalue weighted by atomic mass is 9.85. The van der Waals surface area contributed by atoms with E-state index in [2.05, 4.69) is 21.9 Å². The van der Waals surface area contributed by atoms with Gasteiger partial charge in [-0.25, -0.2) is 22.9 Å². The fourth-order valence-electron chi connectivity index (χ4n) is 7.22. The maximum atomic E-state index is 14.8. The van der Waals surface area contributed by atoms with E-state index in [0.717, 1.165) is 5.56 Å². The van der Waals surface area contributed by atoms with Crippen LogP contribution < -0.4 is 24.8 Å². The van der Waals surface area contributed by atoms with Gasteiger partial charge >= 0.3 is 6.09 Å². The summed E-state index contributed by atoms with van der Waals surface area (Å²) in [6.07, 6.45) is -0.0274. The molecule has 60 heavy (non-hydrogen) atoms. The predicted octanol–water partition coefficient (Wildman–Crippen LogP) is 6.37. The number of rotatable bonds is 12. The summed E-state index contributed by atoms with van der Waals surface area (Å²) in [5.74, 6) is -1.78. The summed E-state index contributed by atoms with van der Waals surface area (Å²) in [5.41, 5.74) is -1.32. The zero-order valence-corrected chi connectivity index (χ0v) is 37.5. The number of benzene rings is 3. The Kier molecular flexibility index (Phi) is 12.6. The highest BCUT2D eigenvalue weighted by molar-refractivity contribution is 14.1. The maximum Gasteiger partial charge on any atom is 0.408 e. The average molecular weight is 952 g/mol. The zero-order valence-electron chi connectivity index (χ0n) is 34.6. The topological polar surface area (TPSA) is 182 Å². The molecule has 2 fully saturated rings. The number of carbonyl (C=O) groups is 4. The highest BCUT2D eigenvalue weighted by Gasteiger charge is 2.61. The second kappa shape index (κ2) is 17.0. The Labute approximate surface area is 364 Å². The molecule has 4 amide bonds. The quantitative estimate of drug-likeness (QED) is 0.107. The van der Waals surface area contributed by atoms with E-state index in [9.17, 15) is 27.6 Å². The van der Waals surface area contributed by atoms with Crippen molar-refractivity contribution in [2.45, 2.75) is 88.6 Å². The first-order valence-corrected chi connectivity index (χ1v) is 22.0. The Morgan fingerprint density at radius 1 is 0.983 bits per heavy atom. The number of halogens is 1. The molecule has 0 radical (unpaired) electrons. The highest BCUT2D eigenvalue weighted by Crippen LogP contribution is 2.45. The second-order valence-corrected chi connectivity index (χ2v) is 19.9. The third-order valence-corrected chi connectivity index (χ3v) is 13.1. The van der Waals surface area contributed by atoms with Gasteiger partial charge in [0.1, 0.15) is 45.7 Å². The van der Waals surface area contributed by atoms with Crippen LogP contribution >= 0.6 is 22.6 Å². The van der Waals surface area contributed by atoms with E-state index >= 15 is 0 Å². The summed E-state index contributed by atoms with van der Waals surface area (Å²) in [5, 5.41) is 6.21. The van der Waals surface area contributed by atoms with Crippen LogP contribution in [-0.2, 0) is 29.1 Å². The van der Waals surface area contributed by atoms with Crippen molar-refractivity contribution in [1.29, 1.82) is 0 Å². The predicted molar refractivity (Wildman–Crippen MR) is 235 cm³/mol. The molecule has 16 heteroatoms. The highest BCUT2D eigenvalue weighted by atomic mass is 127. The first-order valence-electron chi connectivity index (χ1n) is 19.4. The fraction of sp³-hybridized carbons (Fsp3) is 0.386. The number of amides is 4. The molecule has 4 aromatic rings. The number of nitrogens with zero attached hydrogens (tertiary/aromatic N) is 2. The minimum atomic E-state index is -4.33. The SMILES string of the molecule is C=CC1C[C@]1(NC(=O)[C@@H]1C[C@@H](Oc2cc(-c3ccccc3)nc3cc(OC)ccc23)CN1C(=O)[C@@H](NC(=O)OC(C)(C)C)C(C)(C)C)C(=O)NS(=O)(=O)c1ccccc1I. The van der Waals surface area contributed by atoms with Gasteiger partial charge in [-0.05, 0) is 79.5 Å². The van der Waals surface area contributed by atoms with Crippen LogP contribution in [0.5, 0.6) is 11.5 Å². The Morgan fingerprint density at radius 2 is 1.67 bits per heavy atom. The van der Waals surface area contributed by atoms with Crippen molar-refractivity contribution in [2.24, 2.45) is 11.3 Å². The molecule has 1 saturated heterocycles. The first kappa shape index (κ1) is 44.3. The van der Waals surface area contributed by atoms with Crippen molar-refractivity contribution in [3.8, 4) is 22.8 Å². The smallest absolute Gasteiger partial charge is 0.408 e. The normalized spacial score (nSPS) is 20.7. The van der Waals surface area contributed by atoms with Crippen molar-refractivity contribution in [3.63, 3.8) is 0 Å². The zero-order chi connectivity index (χ0) is 43.8. The van der Waals surface area contributed by atoms with Crippen LogP contribution in [0.1, 0.15) is 54.4 Å². The summed E-state index contributed by atoms with van der Waals surface area (Å²) >= 11 is 1.87. The van der Waals surface area contributed by atoms with Crippen LogP contribution in [0, 0.1) is 14.9 Å². The molecule has 1 aromatic heterocycles. The van der Waals surface area contributed by atoms with Crippen LogP contribution in [0.4, 0.5) is 4.79 Å². The number of carbonyl (C=O) groups excluding carboxylic acids is 4. The number of methoxy groups -OCH3 is 1. The van der Waals surface area contributed by atoms with Crippen molar-refractivity contribution < 1.29 is 41.8 Å². The number of aromatic nitrogens is 1. The summed E-state index contributed by atoms with van der Waals surface area (Å²) in [7, 11) is -2.77. The van der Waals surface area contributed by atoms with Gasteiger partial charge in [-0.15, -0.1) is 6.58 Å². The van der Waals surface area contributed by atoms with Crippen molar-refractivity contribution in [1.82, 2.24) is 25.2 Å². The molecule has 6 rings (SSSR count). The number of fused-ring (bicyclic) bond motifs is 1. The van der Waals surface area contributed by atoms with Crippen molar-refractivity contribution >= 4 is 67.3 Å². The van der Waals surface area contributed by atoms with Gasteiger partial charge in [-0.3, -0.25) is 14.4 Å². The van der Waals surface area contributed by atoms with Crippen molar-refractivity contribution in [3.05, 3.63) is 95.1 Å². The summed E-state index contributed by atoms with van der Waals surface area (Å²) in [4.78, 5) is 62.6.